The Morgan fingerprint density at radius 2 is 1.82 bits per heavy atom. The molecule has 5 heteroatoms. The summed E-state index contributed by atoms with van der Waals surface area (Å²) in [5, 5.41) is 3.05. The number of carbonyl (C=O) groups excluding carboxylic acids is 1. The topological polar surface area (TPSA) is 64.4 Å². The van der Waals surface area contributed by atoms with Gasteiger partial charge in [-0.15, -0.1) is 12.4 Å². The first kappa shape index (κ1) is 22.3. The Kier molecular flexibility index (Phi) is 9.32. The van der Waals surface area contributed by atoms with Crippen molar-refractivity contribution in [1.82, 2.24) is 5.32 Å². The lowest BCUT2D eigenvalue weighted by Crippen LogP contribution is -2.31. The Morgan fingerprint density at radius 1 is 1.04 bits per heavy atom. The summed E-state index contributed by atoms with van der Waals surface area (Å²) in [6.45, 7) is 1.36. The number of nitrogens with one attached hydrogen (secondary N) is 1. The van der Waals surface area contributed by atoms with Crippen molar-refractivity contribution in [2.45, 2.75) is 44.6 Å². The summed E-state index contributed by atoms with van der Waals surface area (Å²) in [6.07, 6.45) is 5.52. The van der Waals surface area contributed by atoms with Crippen LogP contribution in [0.3, 0.4) is 0 Å². The van der Waals surface area contributed by atoms with Gasteiger partial charge < -0.3 is 15.8 Å². The molecule has 0 aromatic heterocycles. The summed E-state index contributed by atoms with van der Waals surface area (Å²) in [6, 6.07) is 18.8. The number of benzene rings is 2. The number of hydrogen-bond donors (Lipinski definition) is 2. The largest absolute Gasteiger partial charge is 0.494 e. The lowest BCUT2D eigenvalue weighted by molar-refractivity contribution is -0.124. The Labute approximate surface area is 174 Å². The Morgan fingerprint density at radius 3 is 2.57 bits per heavy atom. The highest BCUT2D eigenvalue weighted by atomic mass is 35.5. The van der Waals surface area contributed by atoms with Gasteiger partial charge >= 0.3 is 0 Å². The molecule has 1 aliphatic carbocycles. The molecule has 1 amide bonds. The monoisotopic (exact) mass is 402 g/mol. The highest BCUT2D eigenvalue weighted by Crippen LogP contribution is 2.24. The zero-order valence-corrected chi connectivity index (χ0v) is 17.1. The summed E-state index contributed by atoms with van der Waals surface area (Å²) in [4.78, 5) is 12.1. The SMILES string of the molecule is Cl.NC1CCC(C(=O)NCCc2cccc(OCCCc3ccccc3)c2)C1. The van der Waals surface area contributed by atoms with Crippen LogP contribution < -0.4 is 15.8 Å². The van der Waals surface area contributed by atoms with E-state index in [1.807, 2.05) is 18.2 Å². The van der Waals surface area contributed by atoms with Gasteiger partial charge in [-0.3, -0.25) is 4.79 Å². The van der Waals surface area contributed by atoms with Crippen molar-refractivity contribution in [2.24, 2.45) is 11.7 Å². The first-order valence-electron chi connectivity index (χ1n) is 9.99. The van der Waals surface area contributed by atoms with Crippen molar-refractivity contribution in [2.75, 3.05) is 13.2 Å². The van der Waals surface area contributed by atoms with Gasteiger partial charge in [0.15, 0.2) is 0 Å². The van der Waals surface area contributed by atoms with E-state index in [1.54, 1.807) is 0 Å². The van der Waals surface area contributed by atoms with Gasteiger partial charge in [-0.25, -0.2) is 0 Å². The van der Waals surface area contributed by atoms with Gasteiger partial charge in [-0.1, -0.05) is 42.5 Å². The standard InChI is InChI=1S/C23H30N2O2.ClH/c24-21-12-11-20(17-21)23(26)25-14-13-19-8-4-10-22(16-19)27-15-5-9-18-6-2-1-3-7-18;/h1-4,6-8,10,16,20-21H,5,9,11-15,17,24H2,(H,25,26);1H. The summed E-state index contributed by atoms with van der Waals surface area (Å²) < 4.78 is 5.89. The number of rotatable bonds is 9. The smallest absolute Gasteiger partial charge is 0.223 e. The fourth-order valence-electron chi connectivity index (χ4n) is 3.63. The summed E-state index contributed by atoms with van der Waals surface area (Å²) in [7, 11) is 0. The van der Waals surface area contributed by atoms with Crippen LogP contribution in [-0.4, -0.2) is 25.1 Å². The van der Waals surface area contributed by atoms with E-state index in [4.69, 9.17) is 10.5 Å². The van der Waals surface area contributed by atoms with Crippen molar-refractivity contribution >= 4 is 18.3 Å². The molecule has 0 aliphatic heterocycles. The van der Waals surface area contributed by atoms with E-state index in [0.717, 1.165) is 44.3 Å². The lowest BCUT2D eigenvalue weighted by atomic mass is 10.1. The van der Waals surface area contributed by atoms with E-state index in [9.17, 15) is 4.79 Å². The molecule has 1 saturated carbocycles. The molecule has 3 rings (SSSR count). The third-order valence-electron chi connectivity index (χ3n) is 5.18. The van der Waals surface area contributed by atoms with Crippen LogP contribution in [0.5, 0.6) is 5.75 Å². The average Bonchev–Trinajstić information content (AvgIpc) is 3.13. The number of carbonyl (C=O) groups is 1. The molecule has 152 valence electrons. The highest BCUT2D eigenvalue weighted by Gasteiger charge is 2.27. The van der Waals surface area contributed by atoms with Crippen LogP contribution in [0.4, 0.5) is 0 Å². The molecule has 0 heterocycles. The molecule has 0 radical (unpaired) electrons. The van der Waals surface area contributed by atoms with Crippen molar-refractivity contribution in [3.05, 3.63) is 65.7 Å². The minimum atomic E-state index is 0. The van der Waals surface area contributed by atoms with Crippen molar-refractivity contribution in [1.29, 1.82) is 0 Å². The molecule has 2 atom stereocenters. The summed E-state index contributed by atoms with van der Waals surface area (Å²) in [5.41, 5.74) is 8.41. The van der Waals surface area contributed by atoms with Gasteiger partial charge in [-0.05, 0) is 61.8 Å². The van der Waals surface area contributed by atoms with Gasteiger partial charge in [0.2, 0.25) is 5.91 Å². The molecule has 4 nitrogen and oxygen atoms in total. The first-order valence-corrected chi connectivity index (χ1v) is 9.99. The highest BCUT2D eigenvalue weighted by molar-refractivity contribution is 5.85. The third kappa shape index (κ3) is 7.17. The average molecular weight is 403 g/mol. The number of nitrogens with two attached hydrogens (primary N) is 1. The minimum Gasteiger partial charge on any atom is -0.494 e. The molecule has 2 aromatic rings. The van der Waals surface area contributed by atoms with Crippen LogP contribution in [0.25, 0.3) is 0 Å². The Bertz CT molecular complexity index is 724. The van der Waals surface area contributed by atoms with Gasteiger partial charge in [-0.2, -0.15) is 0 Å². The van der Waals surface area contributed by atoms with E-state index in [1.165, 1.54) is 11.1 Å². The number of halogens is 1. The second kappa shape index (κ2) is 11.7. The van der Waals surface area contributed by atoms with Crippen LogP contribution in [0.2, 0.25) is 0 Å². The first-order chi connectivity index (χ1) is 13.2. The fourth-order valence-corrected chi connectivity index (χ4v) is 3.63. The molecular weight excluding hydrogens is 372 g/mol. The normalized spacial score (nSPS) is 18.3. The zero-order valence-electron chi connectivity index (χ0n) is 16.3. The van der Waals surface area contributed by atoms with Crippen LogP contribution in [0.1, 0.15) is 36.8 Å². The van der Waals surface area contributed by atoms with E-state index in [2.05, 4.69) is 41.7 Å². The zero-order chi connectivity index (χ0) is 18.9. The fraction of sp³-hybridized carbons (Fsp3) is 0.435. The number of ether oxygens (including phenoxy) is 1. The number of hydrogen-bond acceptors (Lipinski definition) is 3. The van der Waals surface area contributed by atoms with E-state index >= 15 is 0 Å². The van der Waals surface area contributed by atoms with Crippen LogP contribution in [-0.2, 0) is 17.6 Å². The van der Waals surface area contributed by atoms with Gasteiger partial charge in [0.05, 0.1) is 6.61 Å². The van der Waals surface area contributed by atoms with Crippen LogP contribution in [0.15, 0.2) is 54.6 Å². The molecule has 0 spiro atoms. The second-order valence-electron chi connectivity index (χ2n) is 7.40. The van der Waals surface area contributed by atoms with E-state index in [0.29, 0.717) is 13.2 Å². The van der Waals surface area contributed by atoms with Gasteiger partial charge in [0, 0.05) is 18.5 Å². The molecule has 1 aliphatic rings. The molecule has 2 unspecified atom stereocenters. The second-order valence-corrected chi connectivity index (χ2v) is 7.40. The molecule has 1 fully saturated rings. The number of aryl methyl sites for hydroxylation is 1. The van der Waals surface area contributed by atoms with E-state index < -0.39 is 0 Å². The Hall–Kier alpha value is -2.04. The predicted octanol–water partition coefficient (Wildman–Crippen LogP) is 3.91. The third-order valence-corrected chi connectivity index (χ3v) is 5.18. The minimum absolute atomic E-state index is 0. The maximum Gasteiger partial charge on any atom is 0.223 e. The van der Waals surface area contributed by atoms with Crippen LogP contribution in [0, 0.1) is 5.92 Å². The van der Waals surface area contributed by atoms with Gasteiger partial charge in [0.1, 0.15) is 5.75 Å². The predicted molar refractivity (Wildman–Crippen MR) is 116 cm³/mol. The summed E-state index contributed by atoms with van der Waals surface area (Å²) >= 11 is 0. The van der Waals surface area contributed by atoms with Crippen molar-refractivity contribution in [3.63, 3.8) is 0 Å². The molecule has 28 heavy (non-hydrogen) atoms. The van der Waals surface area contributed by atoms with Gasteiger partial charge in [0.25, 0.3) is 0 Å². The van der Waals surface area contributed by atoms with Crippen molar-refractivity contribution in [3.8, 4) is 5.75 Å². The maximum atomic E-state index is 12.1. The van der Waals surface area contributed by atoms with E-state index in [-0.39, 0.29) is 30.3 Å². The lowest BCUT2D eigenvalue weighted by Gasteiger charge is -2.11. The maximum absolute atomic E-state index is 12.1. The molecular formula is C23H31ClN2O2. The number of amides is 1. The quantitative estimate of drug-likeness (QED) is 0.625. The van der Waals surface area contributed by atoms with Crippen LogP contribution >= 0.6 is 12.4 Å². The molecule has 3 N–H and O–H groups in total. The molecule has 0 saturated heterocycles. The Balaban J connectivity index is 0.00000280. The summed E-state index contributed by atoms with van der Waals surface area (Å²) in [5.74, 6) is 1.14. The molecule has 0 bridgehead atoms. The molecule has 2 aromatic carbocycles. The van der Waals surface area contributed by atoms with Crippen molar-refractivity contribution < 1.29 is 9.53 Å².